The summed E-state index contributed by atoms with van der Waals surface area (Å²) in [6, 6.07) is 2.85. The number of phenolic OH excluding ortho intramolecular Hbond substituents is 1. The van der Waals surface area contributed by atoms with Crippen LogP contribution in [-0.2, 0) is 9.53 Å². The van der Waals surface area contributed by atoms with Gasteiger partial charge in [-0.2, -0.15) is 0 Å². The zero-order valence-corrected chi connectivity index (χ0v) is 10.6. The van der Waals surface area contributed by atoms with E-state index in [0.717, 1.165) is 0 Å². The van der Waals surface area contributed by atoms with Gasteiger partial charge in [0.25, 0.3) is 0 Å². The van der Waals surface area contributed by atoms with Gasteiger partial charge in [-0.1, -0.05) is 0 Å². The first kappa shape index (κ1) is 14.0. The molecule has 0 fully saturated rings. The van der Waals surface area contributed by atoms with Crippen LogP contribution in [0.4, 0.5) is 0 Å². The summed E-state index contributed by atoms with van der Waals surface area (Å²) in [5.74, 6) is -0.517. The highest BCUT2D eigenvalue weighted by atomic mass is 16.6. The van der Waals surface area contributed by atoms with Crippen LogP contribution in [0.5, 0.6) is 11.5 Å². The number of carbonyl (C=O) groups is 2. The van der Waals surface area contributed by atoms with Gasteiger partial charge in [-0.3, -0.25) is 4.79 Å². The van der Waals surface area contributed by atoms with Gasteiger partial charge in [0.15, 0.2) is 12.4 Å². The van der Waals surface area contributed by atoms with Gasteiger partial charge in [-0.15, -0.1) is 0 Å². The summed E-state index contributed by atoms with van der Waals surface area (Å²) >= 11 is 0. The van der Waals surface area contributed by atoms with Crippen molar-refractivity contribution in [1.29, 1.82) is 0 Å². The SMILES string of the molecule is CCOC(=O)COc1cc(O)c(C(C)=O)cc1C. The van der Waals surface area contributed by atoms with Crippen LogP contribution in [0.15, 0.2) is 12.1 Å². The summed E-state index contributed by atoms with van der Waals surface area (Å²) in [6.45, 7) is 4.86. The number of aryl methyl sites for hydroxylation is 1. The van der Waals surface area contributed by atoms with Gasteiger partial charge in [-0.05, 0) is 32.4 Å². The number of aromatic hydroxyl groups is 1. The van der Waals surface area contributed by atoms with E-state index in [4.69, 9.17) is 9.47 Å². The van der Waals surface area contributed by atoms with E-state index in [1.807, 2.05) is 0 Å². The first-order valence-electron chi connectivity index (χ1n) is 5.58. The molecular weight excluding hydrogens is 236 g/mol. The molecule has 0 aromatic heterocycles. The molecule has 0 amide bonds. The first-order valence-corrected chi connectivity index (χ1v) is 5.58. The Labute approximate surface area is 105 Å². The Morgan fingerprint density at radius 3 is 2.56 bits per heavy atom. The van der Waals surface area contributed by atoms with Crippen molar-refractivity contribution in [2.45, 2.75) is 20.8 Å². The van der Waals surface area contributed by atoms with E-state index in [1.54, 1.807) is 13.8 Å². The molecule has 0 saturated carbocycles. The maximum atomic E-state index is 11.2. The number of phenols is 1. The van der Waals surface area contributed by atoms with Crippen molar-refractivity contribution in [1.82, 2.24) is 0 Å². The van der Waals surface area contributed by atoms with Gasteiger partial charge in [-0.25, -0.2) is 4.79 Å². The van der Waals surface area contributed by atoms with Crippen LogP contribution in [-0.4, -0.2) is 30.1 Å². The molecule has 18 heavy (non-hydrogen) atoms. The number of benzene rings is 1. The number of hydrogen-bond donors (Lipinski definition) is 1. The molecule has 0 aliphatic carbocycles. The number of rotatable bonds is 5. The highest BCUT2D eigenvalue weighted by Crippen LogP contribution is 2.28. The Hall–Kier alpha value is -2.04. The minimum Gasteiger partial charge on any atom is -0.507 e. The fourth-order valence-electron chi connectivity index (χ4n) is 1.45. The predicted octanol–water partition coefficient (Wildman–Crippen LogP) is 1.85. The summed E-state index contributed by atoms with van der Waals surface area (Å²) in [6.07, 6.45) is 0. The Balaban J connectivity index is 2.82. The van der Waals surface area contributed by atoms with Crippen LogP contribution in [0.3, 0.4) is 0 Å². The van der Waals surface area contributed by atoms with Crippen molar-refractivity contribution in [2.75, 3.05) is 13.2 Å². The lowest BCUT2D eigenvalue weighted by Crippen LogP contribution is -2.15. The van der Waals surface area contributed by atoms with Crippen LogP contribution in [0.2, 0.25) is 0 Å². The third-order valence-corrected chi connectivity index (χ3v) is 2.32. The average Bonchev–Trinajstić information content (AvgIpc) is 2.29. The molecule has 0 unspecified atom stereocenters. The monoisotopic (exact) mass is 252 g/mol. The molecule has 0 aliphatic rings. The standard InChI is InChI=1S/C13H16O5/c1-4-17-13(16)7-18-12-6-11(15)10(9(3)14)5-8(12)2/h5-6,15H,4,7H2,1-3H3. The van der Waals surface area contributed by atoms with Gasteiger partial charge >= 0.3 is 5.97 Å². The highest BCUT2D eigenvalue weighted by Gasteiger charge is 2.12. The van der Waals surface area contributed by atoms with E-state index >= 15 is 0 Å². The summed E-state index contributed by atoms with van der Waals surface area (Å²) < 4.78 is 9.94. The zero-order chi connectivity index (χ0) is 13.7. The second kappa shape index (κ2) is 6.05. The van der Waals surface area contributed by atoms with Crippen LogP contribution in [0, 0.1) is 6.92 Å². The van der Waals surface area contributed by atoms with Gasteiger partial charge < -0.3 is 14.6 Å². The second-order valence-corrected chi connectivity index (χ2v) is 3.78. The molecule has 98 valence electrons. The first-order chi connectivity index (χ1) is 8.45. The smallest absolute Gasteiger partial charge is 0.344 e. The van der Waals surface area contributed by atoms with Crippen molar-refractivity contribution in [3.05, 3.63) is 23.3 Å². The molecule has 1 aromatic rings. The number of hydrogen-bond acceptors (Lipinski definition) is 5. The van der Waals surface area contributed by atoms with Crippen LogP contribution < -0.4 is 4.74 Å². The molecule has 0 bridgehead atoms. The number of ether oxygens (including phenoxy) is 2. The molecule has 0 spiro atoms. The highest BCUT2D eigenvalue weighted by molar-refractivity contribution is 5.97. The van der Waals surface area contributed by atoms with Crippen molar-refractivity contribution in [3.8, 4) is 11.5 Å². The Kier molecular flexibility index (Phi) is 4.71. The van der Waals surface area contributed by atoms with E-state index in [0.29, 0.717) is 11.3 Å². The molecule has 0 atom stereocenters. The summed E-state index contributed by atoms with van der Waals surface area (Å²) in [5, 5.41) is 9.64. The molecule has 5 heteroatoms. The predicted molar refractivity (Wildman–Crippen MR) is 65.0 cm³/mol. The lowest BCUT2D eigenvalue weighted by Gasteiger charge is -2.10. The van der Waals surface area contributed by atoms with E-state index in [-0.39, 0.29) is 30.3 Å². The molecule has 0 aliphatic heterocycles. The van der Waals surface area contributed by atoms with Crippen LogP contribution >= 0.6 is 0 Å². The van der Waals surface area contributed by atoms with Crippen molar-refractivity contribution in [2.24, 2.45) is 0 Å². The largest absolute Gasteiger partial charge is 0.507 e. The van der Waals surface area contributed by atoms with Crippen molar-refractivity contribution >= 4 is 11.8 Å². The third-order valence-electron chi connectivity index (χ3n) is 2.32. The van der Waals surface area contributed by atoms with Gasteiger partial charge in [0.1, 0.15) is 11.5 Å². The molecule has 5 nitrogen and oxygen atoms in total. The lowest BCUT2D eigenvalue weighted by atomic mass is 10.1. The quantitative estimate of drug-likeness (QED) is 0.639. The number of ketones is 1. The molecular formula is C13H16O5. The maximum absolute atomic E-state index is 11.2. The molecule has 0 heterocycles. The van der Waals surface area contributed by atoms with Crippen LogP contribution in [0.25, 0.3) is 0 Å². The topological polar surface area (TPSA) is 72.8 Å². The molecule has 1 rings (SSSR count). The van der Waals surface area contributed by atoms with Gasteiger partial charge in [0.05, 0.1) is 12.2 Å². The summed E-state index contributed by atoms with van der Waals surface area (Å²) in [4.78, 5) is 22.3. The summed E-state index contributed by atoms with van der Waals surface area (Å²) in [7, 11) is 0. The van der Waals surface area contributed by atoms with Crippen LogP contribution in [0.1, 0.15) is 29.8 Å². The molecule has 0 radical (unpaired) electrons. The third kappa shape index (κ3) is 3.48. The molecule has 0 saturated heterocycles. The van der Waals surface area contributed by atoms with E-state index in [1.165, 1.54) is 19.1 Å². The normalized spacial score (nSPS) is 9.94. The molecule has 1 N–H and O–H groups in total. The average molecular weight is 252 g/mol. The minimum atomic E-state index is -0.480. The number of Topliss-reactive ketones (excluding diaryl/α,β-unsaturated/α-hetero) is 1. The number of esters is 1. The fourth-order valence-corrected chi connectivity index (χ4v) is 1.45. The van der Waals surface area contributed by atoms with E-state index in [9.17, 15) is 14.7 Å². The van der Waals surface area contributed by atoms with E-state index in [2.05, 4.69) is 0 Å². The second-order valence-electron chi connectivity index (χ2n) is 3.78. The lowest BCUT2D eigenvalue weighted by molar-refractivity contribution is -0.145. The Morgan fingerprint density at radius 1 is 1.33 bits per heavy atom. The van der Waals surface area contributed by atoms with Gasteiger partial charge in [0.2, 0.25) is 0 Å². The van der Waals surface area contributed by atoms with E-state index < -0.39 is 5.97 Å². The van der Waals surface area contributed by atoms with Crippen molar-refractivity contribution < 1.29 is 24.2 Å². The molecule has 1 aromatic carbocycles. The summed E-state index contributed by atoms with van der Waals surface area (Å²) in [5.41, 5.74) is 0.901. The van der Waals surface area contributed by atoms with Crippen molar-refractivity contribution in [3.63, 3.8) is 0 Å². The maximum Gasteiger partial charge on any atom is 0.344 e. The number of carbonyl (C=O) groups excluding carboxylic acids is 2. The minimum absolute atomic E-state index is 0.160. The Bertz CT molecular complexity index is 465. The zero-order valence-electron chi connectivity index (χ0n) is 10.6. The fraction of sp³-hybridized carbons (Fsp3) is 0.385. The van der Waals surface area contributed by atoms with Gasteiger partial charge in [0, 0.05) is 6.07 Å². The Morgan fingerprint density at radius 2 is 2.00 bits per heavy atom.